The van der Waals surface area contributed by atoms with Crippen LogP contribution in [0.3, 0.4) is 0 Å². The number of carbonyl (C=O) groups is 1. The molecule has 0 aromatic heterocycles. The van der Waals surface area contributed by atoms with E-state index >= 15 is 0 Å². The van der Waals surface area contributed by atoms with Crippen LogP contribution in [0.4, 0.5) is 0 Å². The molecule has 2 nitrogen and oxygen atoms in total. The minimum atomic E-state index is -0.0876. The average molecular weight is 274 g/mol. The van der Waals surface area contributed by atoms with E-state index in [1.807, 2.05) is 30.3 Å². The number of hydrogen-bond acceptors (Lipinski definition) is 2. The second-order valence-corrected chi connectivity index (χ2v) is 6.99. The Morgan fingerprint density at radius 1 is 1.10 bits per heavy atom. The van der Waals surface area contributed by atoms with Gasteiger partial charge >= 0.3 is 5.97 Å². The Kier molecular flexibility index (Phi) is 4.85. The van der Waals surface area contributed by atoms with Gasteiger partial charge in [0.1, 0.15) is 6.10 Å². The van der Waals surface area contributed by atoms with E-state index in [4.69, 9.17) is 4.74 Å². The monoisotopic (exact) mass is 274 g/mol. The largest absolute Gasteiger partial charge is 0.462 e. The quantitative estimate of drug-likeness (QED) is 0.765. The molecule has 0 N–H and O–H groups in total. The Bertz CT molecular complexity index is 422. The van der Waals surface area contributed by atoms with Gasteiger partial charge in [0, 0.05) is 0 Å². The lowest BCUT2D eigenvalue weighted by Gasteiger charge is -2.36. The maximum absolute atomic E-state index is 11.9. The zero-order valence-corrected chi connectivity index (χ0v) is 12.9. The summed E-state index contributed by atoms with van der Waals surface area (Å²) in [5.41, 5.74) is 1.40. The molecule has 2 rings (SSSR count). The van der Waals surface area contributed by atoms with Crippen LogP contribution < -0.4 is 0 Å². The van der Waals surface area contributed by atoms with E-state index in [0.29, 0.717) is 11.8 Å². The molecule has 110 valence electrons. The van der Waals surface area contributed by atoms with Gasteiger partial charge in [0.05, 0.1) is 6.42 Å². The van der Waals surface area contributed by atoms with Crippen molar-refractivity contribution in [1.82, 2.24) is 0 Å². The Morgan fingerprint density at radius 3 is 2.25 bits per heavy atom. The van der Waals surface area contributed by atoms with E-state index in [1.165, 1.54) is 12.8 Å². The van der Waals surface area contributed by atoms with Crippen LogP contribution in [0.5, 0.6) is 0 Å². The summed E-state index contributed by atoms with van der Waals surface area (Å²) in [5, 5.41) is 0. The van der Waals surface area contributed by atoms with E-state index in [1.54, 1.807) is 0 Å². The number of esters is 1. The maximum atomic E-state index is 11.9. The first-order chi connectivity index (χ1) is 9.45. The van der Waals surface area contributed by atoms with Crippen molar-refractivity contribution in [2.45, 2.75) is 59.0 Å². The van der Waals surface area contributed by atoms with Gasteiger partial charge in [0.15, 0.2) is 0 Å². The van der Waals surface area contributed by atoms with Gasteiger partial charge in [-0.1, -0.05) is 51.1 Å². The average Bonchev–Trinajstić information content (AvgIpc) is 2.39. The van der Waals surface area contributed by atoms with Gasteiger partial charge in [-0.2, -0.15) is 0 Å². The molecular weight excluding hydrogens is 248 g/mol. The summed E-state index contributed by atoms with van der Waals surface area (Å²) in [6.45, 7) is 6.91. The number of rotatable bonds is 3. The topological polar surface area (TPSA) is 26.3 Å². The summed E-state index contributed by atoms with van der Waals surface area (Å²) in [4.78, 5) is 11.9. The first-order valence-electron chi connectivity index (χ1n) is 7.68. The Balaban J connectivity index is 1.77. The van der Waals surface area contributed by atoms with Crippen molar-refractivity contribution < 1.29 is 9.53 Å². The summed E-state index contributed by atoms with van der Waals surface area (Å²) in [6.07, 6.45) is 4.90. The molecule has 1 aromatic rings. The Labute approximate surface area is 122 Å². The summed E-state index contributed by atoms with van der Waals surface area (Å²) in [5.74, 6) is 0.669. The third-order valence-electron chi connectivity index (χ3n) is 4.39. The standard InChI is InChI=1S/C18H26O2/c1-18(2,3)15-9-11-16(12-10-15)20-17(19)13-14-7-5-4-6-8-14/h4-8,15-16H,9-13H2,1-3H3. The highest BCUT2D eigenvalue weighted by atomic mass is 16.5. The Hall–Kier alpha value is -1.31. The minimum absolute atomic E-state index is 0.0876. The second kappa shape index (κ2) is 6.43. The fourth-order valence-corrected chi connectivity index (χ4v) is 3.04. The summed E-state index contributed by atoms with van der Waals surface area (Å²) in [6, 6.07) is 9.81. The van der Waals surface area contributed by atoms with Crippen molar-refractivity contribution in [2.24, 2.45) is 11.3 Å². The van der Waals surface area contributed by atoms with Crippen LogP contribution in [-0.4, -0.2) is 12.1 Å². The second-order valence-electron chi connectivity index (χ2n) is 6.99. The molecule has 0 heterocycles. The molecule has 1 aliphatic carbocycles. The van der Waals surface area contributed by atoms with Crippen LogP contribution in [0.2, 0.25) is 0 Å². The minimum Gasteiger partial charge on any atom is -0.462 e. The number of carbonyl (C=O) groups excluding carboxylic acids is 1. The fourth-order valence-electron chi connectivity index (χ4n) is 3.04. The summed E-state index contributed by atoms with van der Waals surface area (Å²) >= 11 is 0. The molecule has 1 aliphatic rings. The lowest BCUT2D eigenvalue weighted by atomic mass is 9.72. The van der Waals surface area contributed by atoms with Crippen molar-refractivity contribution in [1.29, 1.82) is 0 Å². The fraction of sp³-hybridized carbons (Fsp3) is 0.611. The van der Waals surface area contributed by atoms with E-state index < -0.39 is 0 Å². The van der Waals surface area contributed by atoms with Crippen molar-refractivity contribution in [3.63, 3.8) is 0 Å². The van der Waals surface area contributed by atoms with Crippen LogP contribution in [0.15, 0.2) is 30.3 Å². The van der Waals surface area contributed by atoms with Crippen LogP contribution in [0, 0.1) is 11.3 Å². The van der Waals surface area contributed by atoms with Gasteiger partial charge in [0.2, 0.25) is 0 Å². The Morgan fingerprint density at radius 2 is 1.70 bits per heavy atom. The van der Waals surface area contributed by atoms with Gasteiger partial charge in [-0.25, -0.2) is 0 Å². The molecule has 1 aromatic carbocycles. The molecule has 0 spiro atoms. The maximum Gasteiger partial charge on any atom is 0.310 e. The highest BCUT2D eigenvalue weighted by molar-refractivity contribution is 5.72. The molecule has 2 heteroatoms. The molecule has 20 heavy (non-hydrogen) atoms. The molecule has 1 saturated carbocycles. The normalized spacial score (nSPS) is 23.4. The van der Waals surface area contributed by atoms with Crippen LogP contribution in [-0.2, 0) is 16.0 Å². The highest BCUT2D eigenvalue weighted by Gasteiger charge is 2.30. The van der Waals surface area contributed by atoms with E-state index in [2.05, 4.69) is 20.8 Å². The lowest BCUT2D eigenvalue weighted by molar-refractivity contribution is -0.150. The summed E-state index contributed by atoms with van der Waals surface area (Å²) < 4.78 is 5.62. The highest BCUT2D eigenvalue weighted by Crippen LogP contribution is 2.38. The molecule has 0 atom stereocenters. The molecule has 0 aliphatic heterocycles. The van der Waals surface area contributed by atoms with Crippen molar-refractivity contribution in [3.05, 3.63) is 35.9 Å². The molecule has 0 amide bonds. The van der Waals surface area contributed by atoms with Crippen molar-refractivity contribution in [2.75, 3.05) is 0 Å². The van der Waals surface area contributed by atoms with Gasteiger partial charge in [-0.3, -0.25) is 4.79 Å². The molecule has 0 bridgehead atoms. The molecule has 1 fully saturated rings. The zero-order chi connectivity index (χ0) is 14.6. The molecule has 0 unspecified atom stereocenters. The van der Waals surface area contributed by atoms with Gasteiger partial charge < -0.3 is 4.74 Å². The van der Waals surface area contributed by atoms with E-state index in [0.717, 1.165) is 24.3 Å². The molecular formula is C18H26O2. The van der Waals surface area contributed by atoms with Crippen LogP contribution in [0.25, 0.3) is 0 Å². The predicted molar refractivity (Wildman–Crippen MR) is 81.4 cm³/mol. The third kappa shape index (κ3) is 4.36. The molecule has 0 radical (unpaired) electrons. The predicted octanol–water partition coefficient (Wildman–Crippen LogP) is 4.38. The SMILES string of the molecule is CC(C)(C)C1CCC(OC(=O)Cc2ccccc2)CC1. The smallest absolute Gasteiger partial charge is 0.310 e. The number of benzene rings is 1. The third-order valence-corrected chi connectivity index (χ3v) is 4.39. The van der Waals surface area contributed by atoms with Crippen molar-refractivity contribution in [3.8, 4) is 0 Å². The molecule has 0 saturated heterocycles. The number of hydrogen-bond donors (Lipinski definition) is 0. The first-order valence-corrected chi connectivity index (χ1v) is 7.68. The van der Waals surface area contributed by atoms with Crippen LogP contribution >= 0.6 is 0 Å². The van der Waals surface area contributed by atoms with Gasteiger partial charge in [-0.15, -0.1) is 0 Å². The summed E-state index contributed by atoms with van der Waals surface area (Å²) in [7, 11) is 0. The van der Waals surface area contributed by atoms with Crippen LogP contribution in [0.1, 0.15) is 52.0 Å². The number of ether oxygens (including phenoxy) is 1. The van der Waals surface area contributed by atoms with Gasteiger partial charge in [0.25, 0.3) is 0 Å². The zero-order valence-electron chi connectivity index (χ0n) is 12.9. The lowest BCUT2D eigenvalue weighted by Crippen LogP contribution is -2.30. The first kappa shape index (κ1) is 15.1. The van der Waals surface area contributed by atoms with E-state index in [9.17, 15) is 4.79 Å². The van der Waals surface area contributed by atoms with Gasteiger partial charge in [-0.05, 0) is 42.6 Å². The van der Waals surface area contributed by atoms with Crippen molar-refractivity contribution >= 4 is 5.97 Å². The van der Waals surface area contributed by atoms with E-state index in [-0.39, 0.29) is 12.1 Å².